The summed E-state index contributed by atoms with van der Waals surface area (Å²) in [5, 5.41) is 5.91. The molecule has 0 radical (unpaired) electrons. The average molecular weight is 530 g/mol. The van der Waals surface area contributed by atoms with Crippen molar-refractivity contribution in [3.63, 3.8) is 0 Å². The number of carbonyl (C=O) groups is 3. The van der Waals surface area contributed by atoms with Crippen LogP contribution in [0.2, 0.25) is 0 Å². The molecule has 1 aliphatic rings. The monoisotopic (exact) mass is 529 g/mol. The van der Waals surface area contributed by atoms with Crippen LogP contribution in [0, 0.1) is 11.8 Å². The van der Waals surface area contributed by atoms with Gasteiger partial charge in [0, 0.05) is 35.2 Å². The molecule has 182 valence electrons. The molecular weight excluding hydrogens is 498 g/mol. The molecule has 1 atom stereocenters. The molecule has 2 aromatic carbocycles. The van der Waals surface area contributed by atoms with Gasteiger partial charge in [-0.05, 0) is 67.1 Å². The highest BCUT2D eigenvalue weighted by Crippen LogP contribution is 2.24. The Kier molecular flexibility index (Phi) is 9.10. The third-order valence-corrected chi connectivity index (χ3v) is 6.47. The van der Waals surface area contributed by atoms with Gasteiger partial charge in [-0.25, -0.2) is 0 Å². The minimum Gasteiger partial charge on any atom is -0.497 e. The fourth-order valence-corrected chi connectivity index (χ4v) is 4.42. The van der Waals surface area contributed by atoms with Gasteiger partial charge in [0.15, 0.2) is 0 Å². The van der Waals surface area contributed by atoms with Gasteiger partial charge in [-0.3, -0.25) is 14.4 Å². The van der Waals surface area contributed by atoms with Gasteiger partial charge in [-0.2, -0.15) is 0 Å². The number of methoxy groups -OCH3 is 1. The summed E-state index contributed by atoms with van der Waals surface area (Å²) in [6.07, 6.45) is 1.25. The molecule has 7 nitrogen and oxygen atoms in total. The fourth-order valence-electron chi connectivity index (χ4n) is 4.02. The van der Waals surface area contributed by atoms with Gasteiger partial charge in [0.1, 0.15) is 11.8 Å². The first-order valence-electron chi connectivity index (χ1n) is 11.6. The number of rotatable bonds is 8. The number of likely N-dealkylation sites (tertiary alicyclic amines) is 1. The van der Waals surface area contributed by atoms with Crippen molar-refractivity contribution < 1.29 is 19.1 Å². The van der Waals surface area contributed by atoms with Crippen LogP contribution in [0.3, 0.4) is 0 Å². The first-order valence-corrected chi connectivity index (χ1v) is 12.3. The molecule has 0 spiro atoms. The van der Waals surface area contributed by atoms with Crippen LogP contribution < -0.4 is 15.4 Å². The number of nitrogens with zero attached hydrogens (tertiary/aromatic N) is 1. The molecule has 0 aliphatic carbocycles. The lowest BCUT2D eigenvalue weighted by molar-refractivity contribution is -0.124. The van der Waals surface area contributed by atoms with Crippen molar-refractivity contribution >= 4 is 33.7 Å². The summed E-state index contributed by atoms with van der Waals surface area (Å²) in [7, 11) is 1.57. The molecule has 1 heterocycles. The van der Waals surface area contributed by atoms with E-state index in [0.29, 0.717) is 55.3 Å². The van der Waals surface area contributed by atoms with E-state index in [0.717, 1.165) is 4.47 Å². The molecule has 2 aromatic rings. The van der Waals surface area contributed by atoms with Crippen LogP contribution in [0.5, 0.6) is 5.75 Å². The van der Waals surface area contributed by atoms with Crippen molar-refractivity contribution in [3.05, 3.63) is 64.1 Å². The molecule has 1 aliphatic heterocycles. The second-order valence-corrected chi connectivity index (χ2v) is 9.87. The Morgan fingerprint density at radius 3 is 2.32 bits per heavy atom. The van der Waals surface area contributed by atoms with Gasteiger partial charge < -0.3 is 20.3 Å². The van der Waals surface area contributed by atoms with E-state index < -0.39 is 6.04 Å². The highest BCUT2D eigenvalue weighted by atomic mass is 79.9. The van der Waals surface area contributed by atoms with E-state index in [-0.39, 0.29) is 23.6 Å². The van der Waals surface area contributed by atoms with Crippen molar-refractivity contribution in [3.8, 4) is 5.75 Å². The normalized spacial score (nSPS) is 15.0. The molecule has 1 saturated heterocycles. The molecule has 0 aromatic heterocycles. The number of hydrogen-bond donors (Lipinski definition) is 2. The Bertz CT molecular complexity index is 1000. The van der Waals surface area contributed by atoms with E-state index in [1.807, 2.05) is 36.9 Å². The standard InChI is InChI=1S/C26H32BrN3O4/c1-17(2)16-28-25(32)23(29-24(31)19-7-9-22(34-3)10-8-19)18-11-13-30(14-12-18)26(33)20-5-4-6-21(27)15-20/h4-10,15,17-18,23H,11-14,16H2,1-3H3,(H,28,32)(H,29,31)/t23-/m0/s1. The SMILES string of the molecule is COc1ccc(C(=O)N[C@H](C(=O)NCC(C)C)C2CCN(C(=O)c3cccc(Br)c3)CC2)cc1. The maximum atomic E-state index is 13.1. The average Bonchev–Trinajstić information content (AvgIpc) is 2.85. The lowest BCUT2D eigenvalue weighted by Gasteiger charge is -2.36. The number of nitrogens with one attached hydrogen (secondary N) is 2. The van der Waals surface area contributed by atoms with E-state index in [1.54, 1.807) is 37.4 Å². The third-order valence-electron chi connectivity index (χ3n) is 5.98. The van der Waals surface area contributed by atoms with Crippen LogP contribution in [0.4, 0.5) is 0 Å². The smallest absolute Gasteiger partial charge is 0.253 e. The Morgan fingerprint density at radius 2 is 1.74 bits per heavy atom. The Labute approximate surface area is 209 Å². The van der Waals surface area contributed by atoms with E-state index in [9.17, 15) is 14.4 Å². The molecule has 8 heteroatoms. The van der Waals surface area contributed by atoms with Crippen LogP contribution in [0.15, 0.2) is 53.0 Å². The molecule has 0 unspecified atom stereocenters. The number of ether oxygens (including phenoxy) is 1. The lowest BCUT2D eigenvalue weighted by Crippen LogP contribution is -2.54. The number of hydrogen-bond acceptors (Lipinski definition) is 4. The Hall–Kier alpha value is -2.87. The van der Waals surface area contributed by atoms with Gasteiger partial charge in [0.25, 0.3) is 11.8 Å². The molecular formula is C26H32BrN3O4. The summed E-state index contributed by atoms with van der Waals surface area (Å²) in [5.74, 6) is 0.368. The summed E-state index contributed by atoms with van der Waals surface area (Å²) >= 11 is 3.41. The summed E-state index contributed by atoms with van der Waals surface area (Å²) in [4.78, 5) is 40.7. The van der Waals surface area contributed by atoms with E-state index in [2.05, 4.69) is 26.6 Å². The number of benzene rings is 2. The lowest BCUT2D eigenvalue weighted by atomic mass is 9.88. The zero-order valence-corrected chi connectivity index (χ0v) is 21.4. The summed E-state index contributed by atoms with van der Waals surface area (Å²) in [5.41, 5.74) is 1.09. The number of carbonyl (C=O) groups excluding carboxylic acids is 3. The molecule has 34 heavy (non-hydrogen) atoms. The van der Waals surface area contributed by atoms with E-state index in [1.165, 1.54) is 0 Å². The van der Waals surface area contributed by atoms with Gasteiger partial charge in [-0.15, -0.1) is 0 Å². The third kappa shape index (κ3) is 6.82. The van der Waals surface area contributed by atoms with Crippen molar-refractivity contribution in [1.82, 2.24) is 15.5 Å². The second-order valence-electron chi connectivity index (χ2n) is 8.96. The van der Waals surface area contributed by atoms with Gasteiger partial charge in [0.2, 0.25) is 5.91 Å². The first-order chi connectivity index (χ1) is 16.3. The van der Waals surface area contributed by atoms with Crippen LogP contribution in [-0.4, -0.2) is 55.4 Å². The first kappa shape index (κ1) is 25.7. The molecule has 0 bridgehead atoms. The second kappa shape index (κ2) is 12.0. The number of amides is 3. The van der Waals surface area contributed by atoms with E-state index >= 15 is 0 Å². The molecule has 3 rings (SSSR count). The minimum absolute atomic E-state index is 0.0252. The minimum atomic E-state index is -0.670. The number of halogens is 1. The predicted octanol–water partition coefficient (Wildman–Crippen LogP) is 3.88. The van der Waals surface area contributed by atoms with Crippen molar-refractivity contribution in [1.29, 1.82) is 0 Å². The Balaban J connectivity index is 1.68. The highest BCUT2D eigenvalue weighted by Gasteiger charge is 2.34. The van der Waals surface area contributed by atoms with Crippen molar-refractivity contribution in [2.75, 3.05) is 26.7 Å². The highest BCUT2D eigenvalue weighted by molar-refractivity contribution is 9.10. The summed E-state index contributed by atoms with van der Waals surface area (Å²) in [6.45, 7) is 5.65. The molecule has 0 saturated carbocycles. The largest absolute Gasteiger partial charge is 0.497 e. The summed E-state index contributed by atoms with van der Waals surface area (Å²) in [6, 6.07) is 13.5. The van der Waals surface area contributed by atoms with Gasteiger partial charge in [0.05, 0.1) is 7.11 Å². The van der Waals surface area contributed by atoms with Crippen LogP contribution in [0.1, 0.15) is 47.4 Å². The van der Waals surface area contributed by atoms with Crippen LogP contribution in [-0.2, 0) is 4.79 Å². The zero-order chi connectivity index (χ0) is 24.7. The quantitative estimate of drug-likeness (QED) is 0.543. The van der Waals surface area contributed by atoms with Gasteiger partial charge >= 0.3 is 0 Å². The molecule has 3 amide bonds. The number of piperidine rings is 1. The fraction of sp³-hybridized carbons (Fsp3) is 0.423. The topological polar surface area (TPSA) is 87.7 Å². The van der Waals surface area contributed by atoms with Crippen LogP contribution in [0.25, 0.3) is 0 Å². The van der Waals surface area contributed by atoms with Gasteiger partial charge in [-0.1, -0.05) is 35.8 Å². The molecule has 2 N–H and O–H groups in total. The maximum absolute atomic E-state index is 13.1. The summed E-state index contributed by atoms with van der Waals surface area (Å²) < 4.78 is 6.01. The van der Waals surface area contributed by atoms with Crippen LogP contribution >= 0.6 is 15.9 Å². The zero-order valence-electron chi connectivity index (χ0n) is 19.8. The maximum Gasteiger partial charge on any atom is 0.253 e. The van der Waals surface area contributed by atoms with Crippen molar-refractivity contribution in [2.24, 2.45) is 11.8 Å². The Morgan fingerprint density at radius 1 is 1.06 bits per heavy atom. The molecule has 1 fully saturated rings. The van der Waals surface area contributed by atoms with E-state index in [4.69, 9.17) is 4.74 Å². The van der Waals surface area contributed by atoms with Crippen molar-refractivity contribution in [2.45, 2.75) is 32.7 Å². The predicted molar refractivity (Wildman–Crippen MR) is 135 cm³/mol.